The van der Waals surface area contributed by atoms with E-state index >= 15 is 0 Å². The number of halogens is 1. The predicted octanol–water partition coefficient (Wildman–Crippen LogP) is 3.90. The molecule has 0 saturated heterocycles. The van der Waals surface area contributed by atoms with Gasteiger partial charge in [-0.05, 0) is 36.4 Å². The lowest BCUT2D eigenvalue weighted by Crippen LogP contribution is -1.70. The fraction of sp³-hybridized carbons (Fsp3) is 0. The van der Waals surface area contributed by atoms with Crippen molar-refractivity contribution in [2.24, 2.45) is 0 Å². The number of hydrogen-bond donors (Lipinski definition) is 0. The third-order valence-electron chi connectivity index (χ3n) is 1.75. The highest BCUT2D eigenvalue weighted by Crippen LogP contribution is 2.29. The van der Waals surface area contributed by atoms with Gasteiger partial charge in [0.05, 0.1) is 0 Å². The largest absolute Gasteiger partial charge is 0.447 e. The molecule has 2 nitrogen and oxygen atoms in total. The molecule has 1 aromatic heterocycles. The summed E-state index contributed by atoms with van der Waals surface area (Å²) in [5.74, 6) is 0.339. The van der Waals surface area contributed by atoms with E-state index in [-0.39, 0.29) is 0 Å². The quantitative estimate of drug-likeness (QED) is 0.760. The third kappa shape index (κ3) is 2.64. The van der Waals surface area contributed by atoms with E-state index in [2.05, 4.69) is 0 Å². The van der Waals surface area contributed by atoms with E-state index < -0.39 is 0 Å². The van der Waals surface area contributed by atoms with Gasteiger partial charge in [0, 0.05) is 9.92 Å². The van der Waals surface area contributed by atoms with Gasteiger partial charge in [0.15, 0.2) is 17.1 Å². The van der Waals surface area contributed by atoms with Gasteiger partial charge in [-0.15, -0.1) is 0 Å². The first-order chi connectivity index (χ1) is 7.28. The summed E-state index contributed by atoms with van der Waals surface area (Å²) in [6.07, 6.45) is 0.686. The van der Waals surface area contributed by atoms with Crippen LogP contribution in [0.4, 0.5) is 0 Å². The Hall–Kier alpha value is -1.19. The van der Waals surface area contributed by atoms with Crippen LogP contribution in [0.1, 0.15) is 10.6 Å². The number of furan rings is 1. The molecule has 0 aliphatic carbocycles. The van der Waals surface area contributed by atoms with Crippen LogP contribution in [0.2, 0.25) is 5.02 Å². The molecule has 0 aliphatic heterocycles. The lowest BCUT2D eigenvalue weighted by Gasteiger charge is -1.97. The SMILES string of the molecule is O=Cc1ccc(Sc2ccc(Cl)cc2)o1. The monoisotopic (exact) mass is 238 g/mol. The molecule has 0 aliphatic rings. The summed E-state index contributed by atoms with van der Waals surface area (Å²) in [6.45, 7) is 0. The highest BCUT2D eigenvalue weighted by atomic mass is 35.5. The topological polar surface area (TPSA) is 30.2 Å². The Morgan fingerprint density at radius 2 is 1.87 bits per heavy atom. The Balaban J connectivity index is 2.14. The normalized spacial score (nSPS) is 10.2. The Labute approximate surface area is 96.2 Å². The minimum atomic E-state index is 0.339. The number of aldehydes is 1. The summed E-state index contributed by atoms with van der Waals surface area (Å²) in [5.41, 5.74) is 0. The minimum absolute atomic E-state index is 0.339. The molecule has 0 atom stereocenters. The predicted molar refractivity (Wildman–Crippen MR) is 59.7 cm³/mol. The molecule has 0 saturated carbocycles. The summed E-state index contributed by atoms with van der Waals surface area (Å²) in [7, 11) is 0. The van der Waals surface area contributed by atoms with Gasteiger partial charge in [0.1, 0.15) is 0 Å². The lowest BCUT2D eigenvalue weighted by atomic mass is 10.4. The smallest absolute Gasteiger partial charge is 0.185 e. The lowest BCUT2D eigenvalue weighted by molar-refractivity contribution is 0.109. The van der Waals surface area contributed by atoms with Crippen molar-refractivity contribution in [3.8, 4) is 0 Å². The van der Waals surface area contributed by atoms with E-state index in [0.29, 0.717) is 22.2 Å². The number of carbonyl (C=O) groups excluding carboxylic acids is 1. The average Bonchev–Trinajstić information content (AvgIpc) is 2.69. The van der Waals surface area contributed by atoms with E-state index in [0.717, 1.165) is 4.90 Å². The van der Waals surface area contributed by atoms with Crippen LogP contribution in [0.25, 0.3) is 0 Å². The Bertz CT molecular complexity index is 462. The molecule has 1 heterocycles. The molecule has 2 rings (SSSR count). The third-order valence-corrected chi connectivity index (χ3v) is 2.93. The number of carbonyl (C=O) groups is 1. The molecule has 2 aromatic rings. The van der Waals surface area contributed by atoms with Crippen LogP contribution in [0, 0.1) is 0 Å². The standard InChI is InChI=1S/C11H7ClO2S/c12-8-1-4-10(5-2-8)15-11-6-3-9(7-13)14-11/h1-7H. The maximum Gasteiger partial charge on any atom is 0.185 e. The Morgan fingerprint density at radius 1 is 1.13 bits per heavy atom. The number of hydrogen-bond acceptors (Lipinski definition) is 3. The molecule has 0 N–H and O–H groups in total. The van der Waals surface area contributed by atoms with Crippen LogP contribution in [-0.4, -0.2) is 6.29 Å². The van der Waals surface area contributed by atoms with E-state index in [9.17, 15) is 4.79 Å². The molecular weight excluding hydrogens is 232 g/mol. The molecule has 0 fully saturated rings. The summed E-state index contributed by atoms with van der Waals surface area (Å²) < 4.78 is 5.23. The first-order valence-corrected chi connectivity index (χ1v) is 5.46. The molecular formula is C11H7ClO2S. The summed E-state index contributed by atoms with van der Waals surface area (Å²) in [6, 6.07) is 10.8. The van der Waals surface area contributed by atoms with Gasteiger partial charge < -0.3 is 4.42 Å². The van der Waals surface area contributed by atoms with Crippen molar-refractivity contribution in [1.29, 1.82) is 0 Å². The van der Waals surface area contributed by atoms with Crippen molar-refractivity contribution in [2.75, 3.05) is 0 Å². The minimum Gasteiger partial charge on any atom is -0.447 e. The highest BCUT2D eigenvalue weighted by Gasteiger charge is 2.02. The molecule has 15 heavy (non-hydrogen) atoms. The van der Waals surface area contributed by atoms with Crippen LogP contribution in [0.5, 0.6) is 0 Å². The van der Waals surface area contributed by atoms with Crippen LogP contribution >= 0.6 is 23.4 Å². The summed E-state index contributed by atoms with van der Waals surface area (Å²) in [5, 5.41) is 1.40. The maximum atomic E-state index is 10.4. The van der Waals surface area contributed by atoms with Gasteiger partial charge >= 0.3 is 0 Å². The molecule has 4 heteroatoms. The van der Waals surface area contributed by atoms with Crippen molar-refractivity contribution in [3.63, 3.8) is 0 Å². The van der Waals surface area contributed by atoms with Crippen molar-refractivity contribution in [2.45, 2.75) is 9.99 Å². The Morgan fingerprint density at radius 3 is 2.47 bits per heavy atom. The Kier molecular flexibility index (Phi) is 3.14. The second kappa shape index (κ2) is 4.55. The van der Waals surface area contributed by atoms with Gasteiger partial charge in [-0.3, -0.25) is 4.79 Å². The molecule has 76 valence electrons. The zero-order chi connectivity index (χ0) is 10.7. The molecule has 0 bridgehead atoms. The molecule has 0 unspecified atom stereocenters. The van der Waals surface area contributed by atoms with E-state index in [1.54, 1.807) is 12.1 Å². The summed E-state index contributed by atoms with van der Waals surface area (Å²) in [4.78, 5) is 11.4. The van der Waals surface area contributed by atoms with Crippen molar-refractivity contribution in [3.05, 3.63) is 47.2 Å². The molecule has 0 spiro atoms. The van der Waals surface area contributed by atoms with Gasteiger partial charge in [0.2, 0.25) is 0 Å². The number of benzene rings is 1. The van der Waals surface area contributed by atoms with Gasteiger partial charge in [0.25, 0.3) is 0 Å². The second-order valence-corrected chi connectivity index (χ2v) is 4.34. The van der Waals surface area contributed by atoms with Gasteiger partial charge in [-0.2, -0.15) is 0 Å². The molecule has 0 radical (unpaired) electrons. The van der Waals surface area contributed by atoms with Crippen LogP contribution < -0.4 is 0 Å². The van der Waals surface area contributed by atoms with Gasteiger partial charge in [-0.1, -0.05) is 23.4 Å². The van der Waals surface area contributed by atoms with E-state index in [4.69, 9.17) is 16.0 Å². The molecule has 0 amide bonds. The van der Waals surface area contributed by atoms with Gasteiger partial charge in [-0.25, -0.2) is 0 Å². The van der Waals surface area contributed by atoms with Crippen LogP contribution in [-0.2, 0) is 0 Å². The fourth-order valence-corrected chi connectivity index (χ4v) is 1.98. The van der Waals surface area contributed by atoms with Crippen molar-refractivity contribution in [1.82, 2.24) is 0 Å². The van der Waals surface area contributed by atoms with Crippen molar-refractivity contribution < 1.29 is 9.21 Å². The van der Waals surface area contributed by atoms with Crippen LogP contribution in [0.3, 0.4) is 0 Å². The van der Waals surface area contributed by atoms with E-state index in [1.807, 2.05) is 24.3 Å². The zero-order valence-corrected chi connectivity index (χ0v) is 9.22. The highest BCUT2D eigenvalue weighted by molar-refractivity contribution is 7.99. The van der Waals surface area contributed by atoms with Crippen LogP contribution in [0.15, 0.2) is 50.8 Å². The van der Waals surface area contributed by atoms with E-state index in [1.165, 1.54) is 11.8 Å². The summed E-state index contributed by atoms with van der Waals surface area (Å²) >= 11 is 7.21. The fourth-order valence-electron chi connectivity index (χ4n) is 1.07. The second-order valence-electron chi connectivity index (χ2n) is 2.83. The van der Waals surface area contributed by atoms with Crippen molar-refractivity contribution >= 4 is 29.6 Å². The number of rotatable bonds is 3. The first-order valence-electron chi connectivity index (χ1n) is 4.26. The maximum absolute atomic E-state index is 10.4. The zero-order valence-electron chi connectivity index (χ0n) is 7.64. The molecule has 1 aromatic carbocycles. The average molecular weight is 239 g/mol. The first kappa shape index (κ1) is 10.3.